The van der Waals surface area contributed by atoms with E-state index in [1.807, 2.05) is 78.9 Å². The lowest BCUT2D eigenvalue weighted by Gasteiger charge is -2.25. The second-order valence-corrected chi connectivity index (χ2v) is 10.7. The van der Waals surface area contributed by atoms with Gasteiger partial charge in [0.15, 0.2) is 0 Å². The second kappa shape index (κ2) is 11.8. The lowest BCUT2D eigenvalue weighted by molar-refractivity contribution is -0.150. The van der Waals surface area contributed by atoms with Gasteiger partial charge in [-0.2, -0.15) is 0 Å². The summed E-state index contributed by atoms with van der Waals surface area (Å²) in [5.74, 6) is -2.41. The van der Waals surface area contributed by atoms with Gasteiger partial charge in [-0.25, -0.2) is 4.79 Å². The number of ether oxygens (including phenoxy) is 2. The minimum atomic E-state index is -1.27. The predicted molar refractivity (Wildman–Crippen MR) is 150 cm³/mol. The first kappa shape index (κ1) is 27.9. The van der Waals surface area contributed by atoms with Gasteiger partial charge in [0.25, 0.3) is 0 Å². The lowest BCUT2D eigenvalue weighted by Crippen LogP contribution is -2.50. The number of nitrogens with zero attached hydrogens (tertiary/aromatic N) is 1. The minimum Gasteiger partial charge on any atom is -0.481 e. The Balaban J connectivity index is 1.26. The smallest absolute Gasteiger partial charge is 0.407 e. The van der Waals surface area contributed by atoms with Gasteiger partial charge in [-0.3, -0.25) is 14.4 Å². The van der Waals surface area contributed by atoms with Crippen molar-refractivity contribution in [1.82, 2.24) is 10.2 Å². The minimum absolute atomic E-state index is 0.0202. The van der Waals surface area contributed by atoms with Crippen LogP contribution in [0.4, 0.5) is 4.79 Å². The molecule has 1 aliphatic carbocycles. The zero-order valence-corrected chi connectivity index (χ0v) is 22.7. The third-order valence-electron chi connectivity index (χ3n) is 7.85. The van der Waals surface area contributed by atoms with Crippen LogP contribution in [0.2, 0.25) is 0 Å². The molecule has 0 aromatic heterocycles. The number of nitrogens with one attached hydrogen (secondary N) is 1. The van der Waals surface area contributed by atoms with Gasteiger partial charge in [-0.1, -0.05) is 78.9 Å². The summed E-state index contributed by atoms with van der Waals surface area (Å²) in [7, 11) is 0. The molecule has 9 nitrogen and oxygen atoms in total. The molecule has 3 aromatic rings. The number of esters is 1. The highest BCUT2D eigenvalue weighted by atomic mass is 16.5. The van der Waals surface area contributed by atoms with Crippen LogP contribution in [0.5, 0.6) is 0 Å². The molecule has 1 saturated heterocycles. The van der Waals surface area contributed by atoms with Gasteiger partial charge in [-0.05, 0) is 41.2 Å². The van der Waals surface area contributed by atoms with Gasteiger partial charge < -0.3 is 24.8 Å². The summed E-state index contributed by atoms with van der Waals surface area (Å²) in [5.41, 5.74) is 3.94. The van der Waals surface area contributed by atoms with Gasteiger partial charge in [0.05, 0.1) is 11.8 Å². The van der Waals surface area contributed by atoms with Crippen LogP contribution in [-0.4, -0.2) is 59.7 Å². The van der Waals surface area contributed by atoms with E-state index in [4.69, 9.17) is 9.47 Å². The number of carboxylic acid groups (broad SMARTS) is 1. The standard InChI is InChI=1S/C32H32N2O7/c1-32(30(37)38)15-16-34(20-32)29(36)27(17-28(35)40-18-21-9-3-2-4-10-21)33-31(39)41-19-26-24-13-7-5-11-22(24)23-12-6-8-14-25(23)26/h2-14,26-27H,15-20H2,1H3,(H,33,39)(H,37,38)/t27-,32?/m0/s1. The van der Waals surface area contributed by atoms with Crippen LogP contribution in [0.1, 0.15) is 42.4 Å². The number of aliphatic carboxylic acids is 1. The Bertz CT molecular complexity index is 1410. The summed E-state index contributed by atoms with van der Waals surface area (Å²) in [6.45, 7) is 1.81. The average Bonchev–Trinajstić information content (AvgIpc) is 3.54. The molecule has 1 unspecified atom stereocenters. The van der Waals surface area contributed by atoms with Gasteiger partial charge in [0.1, 0.15) is 19.3 Å². The molecule has 0 radical (unpaired) electrons. The van der Waals surface area contributed by atoms with E-state index in [2.05, 4.69) is 5.32 Å². The first-order valence-corrected chi connectivity index (χ1v) is 13.6. The molecule has 1 fully saturated rings. The van der Waals surface area contributed by atoms with Crippen molar-refractivity contribution in [3.05, 3.63) is 95.6 Å². The summed E-state index contributed by atoms with van der Waals surface area (Å²) < 4.78 is 11.0. The van der Waals surface area contributed by atoms with Crippen LogP contribution in [0, 0.1) is 5.41 Å². The summed E-state index contributed by atoms with van der Waals surface area (Å²) >= 11 is 0. The maximum absolute atomic E-state index is 13.4. The molecule has 2 N–H and O–H groups in total. The van der Waals surface area contributed by atoms with Gasteiger partial charge in [0.2, 0.25) is 5.91 Å². The highest BCUT2D eigenvalue weighted by Crippen LogP contribution is 2.44. The molecule has 41 heavy (non-hydrogen) atoms. The van der Waals surface area contributed by atoms with Crippen molar-refractivity contribution < 1.29 is 33.8 Å². The maximum Gasteiger partial charge on any atom is 0.407 e. The number of fused-ring (bicyclic) bond motifs is 3. The predicted octanol–water partition coefficient (Wildman–Crippen LogP) is 4.35. The molecular formula is C32H32N2O7. The Hall–Kier alpha value is -4.66. The summed E-state index contributed by atoms with van der Waals surface area (Å²) in [4.78, 5) is 52.3. The third kappa shape index (κ3) is 6.09. The molecule has 5 rings (SSSR count). The summed E-state index contributed by atoms with van der Waals surface area (Å²) in [5, 5.41) is 12.1. The molecule has 2 aliphatic rings. The molecule has 212 valence electrons. The molecule has 2 amide bonds. The first-order valence-electron chi connectivity index (χ1n) is 13.6. The number of rotatable bonds is 9. The number of likely N-dealkylation sites (tertiary alicyclic amines) is 1. The number of hydrogen-bond acceptors (Lipinski definition) is 6. The number of alkyl carbamates (subject to hydrolysis) is 1. The van der Waals surface area contributed by atoms with E-state index < -0.39 is 41.8 Å². The Morgan fingerprint density at radius 2 is 1.54 bits per heavy atom. The van der Waals surface area contributed by atoms with Crippen LogP contribution in [0.3, 0.4) is 0 Å². The zero-order chi connectivity index (χ0) is 29.0. The molecule has 1 aliphatic heterocycles. The van der Waals surface area contributed by atoms with Crippen LogP contribution < -0.4 is 5.32 Å². The number of carboxylic acids is 1. The van der Waals surface area contributed by atoms with E-state index in [1.165, 1.54) is 4.90 Å². The van der Waals surface area contributed by atoms with E-state index >= 15 is 0 Å². The normalized spacial score (nSPS) is 18.2. The number of hydrogen-bond donors (Lipinski definition) is 2. The molecule has 9 heteroatoms. The summed E-state index contributed by atoms with van der Waals surface area (Å²) in [6.07, 6.45) is -0.998. The van der Waals surface area contributed by atoms with Crippen LogP contribution in [0.15, 0.2) is 78.9 Å². The van der Waals surface area contributed by atoms with E-state index in [9.17, 15) is 24.3 Å². The fourth-order valence-electron chi connectivity index (χ4n) is 5.49. The first-order chi connectivity index (χ1) is 19.7. The van der Waals surface area contributed by atoms with Gasteiger partial charge in [-0.15, -0.1) is 0 Å². The maximum atomic E-state index is 13.4. The van der Waals surface area contributed by atoms with E-state index in [0.717, 1.165) is 27.8 Å². The number of benzene rings is 3. The van der Waals surface area contributed by atoms with E-state index in [-0.39, 0.29) is 38.6 Å². The fourth-order valence-corrected chi connectivity index (χ4v) is 5.49. The van der Waals surface area contributed by atoms with Crippen molar-refractivity contribution in [2.24, 2.45) is 5.41 Å². The van der Waals surface area contributed by atoms with Crippen LogP contribution in [0.25, 0.3) is 11.1 Å². The average molecular weight is 557 g/mol. The van der Waals surface area contributed by atoms with Crippen molar-refractivity contribution in [2.45, 2.75) is 38.3 Å². The zero-order valence-electron chi connectivity index (χ0n) is 22.7. The molecule has 0 saturated carbocycles. The molecular weight excluding hydrogens is 524 g/mol. The number of carbonyl (C=O) groups is 4. The fraction of sp³-hybridized carbons (Fsp3) is 0.312. The van der Waals surface area contributed by atoms with Crippen molar-refractivity contribution in [2.75, 3.05) is 19.7 Å². The van der Waals surface area contributed by atoms with Crippen molar-refractivity contribution >= 4 is 23.9 Å². The second-order valence-electron chi connectivity index (χ2n) is 10.7. The van der Waals surface area contributed by atoms with Crippen molar-refractivity contribution in [1.29, 1.82) is 0 Å². The van der Waals surface area contributed by atoms with Crippen molar-refractivity contribution in [3.8, 4) is 11.1 Å². The molecule has 0 bridgehead atoms. The Morgan fingerprint density at radius 1 is 0.927 bits per heavy atom. The Kier molecular flexibility index (Phi) is 8.05. The molecule has 3 aromatic carbocycles. The molecule has 1 heterocycles. The number of amides is 2. The van der Waals surface area contributed by atoms with E-state index in [1.54, 1.807) is 6.92 Å². The largest absolute Gasteiger partial charge is 0.481 e. The van der Waals surface area contributed by atoms with Crippen LogP contribution in [-0.2, 0) is 30.5 Å². The molecule has 2 atom stereocenters. The van der Waals surface area contributed by atoms with Crippen molar-refractivity contribution in [3.63, 3.8) is 0 Å². The Labute approximate surface area is 238 Å². The topological polar surface area (TPSA) is 122 Å². The van der Waals surface area contributed by atoms with Gasteiger partial charge >= 0.3 is 18.0 Å². The van der Waals surface area contributed by atoms with E-state index in [0.29, 0.717) is 0 Å². The lowest BCUT2D eigenvalue weighted by atomic mass is 9.90. The highest BCUT2D eigenvalue weighted by Gasteiger charge is 2.44. The molecule has 0 spiro atoms. The monoisotopic (exact) mass is 556 g/mol. The quantitative estimate of drug-likeness (QED) is 0.376. The highest BCUT2D eigenvalue weighted by molar-refractivity contribution is 5.90. The third-order valence-corrected chi connectivity index (χ3v) is 7.85. The summed E-state index contributed by atoms with van der Waals surface area (Å²) in [6, 6.07) is 23.7. The Morgan fingerprint density at radius 3 is 2.15 bits per heavy atom. The SMILES string of the molecule is CC1(C(=O)O)CCN(C(=O)[C@H](CC(=O)OCc2ccccc2)NC(=O)OCC2c3ccccc3-c3ccccc32)C1. The van der Waals surface area contributed by atoms with Crippen LogP contribution >= 0.6 is 0 Å². The number of carbonyl (C=O) groups excluding carboxylic acids is 3. The van der Waals surface area contributed by atoms with Gasteiger partial charge in [0, 0.05) is 19.0 Å².